The van der Waals surface area contributed by atoms with Gasteiger partial charge in [0.1, 0.15) is 5.60 Å². The van der Waals surface area contributed by atoms with Crippen LogP contribution in [0.4, 0.5) is 0 Å². The molecule has 1 fully saturated rings. The lowest BCUT2D eigenvalue weighted by Gasteiger charge is -2.25. The van der Waals surface area contributed by atoms with Gasteiger partial charge in [0, 0.05) is 33.5 Å². The minimum absolute atomic E-state index is 0.261. The molecule has 1 N–H and O–H groups in total. The molecule has 0 bridgehead atoms. The molecule has 1 aliphatic rings. The summed E-state index contributed by atoms with van der Waals surface area (Å²) in [5, 5.41) is 3.29. The Balaban J connectivity index is 2.02. The molecular weight excluding hydrogens is 242 g/mol. The van der Waals surface area contributed by atoms with Crippen molar-refractivity contribution in [3.05, 3.63) is 23.8 Å². The van der Waals surface area contributed by atoms with E-state index in [0.29, 0.717) is 6.61 Å². The molecule has 0 radical (unpaired) electrons. The molecule has 2 rings (SSSR count). The smallest absolute Gasteiger partial charge is 0.160 e. The number of methoxy groups -OCH3 is 2. The van der Waals surface area contributed by atoms with Crippen LogP contribution >= 0.6 is 0 Å². The van der Waals surface area contributed by atoms with E-state index in [-0.39, 0.29) is 5.60 Å². The van der Waals surface area contributed by atoms with Gasteiger partial charge in [0.25, 0.3) is 0 Å². The monoisotopic (exact) mass is 265 g/mol. The summed E-state index contributed by atoms with van der Waals surface area (Å²) in [5.41, 5.74) is 0.743. The van der Waals surface area contributed by atoms with Gasteiger partial charge in [0.05, 0.1) is 12.3 Å². The van der Waals surface area contributed by atoms with Gasteiger partial charge in [-0.2, -0.15) is 0 Å². The number of nitrogens with zero attached hydrogens (tertiary/aromatic N) is 2. The average molecular weight is 265 g/mol. The van der Waals surface area contributed by atoms with E-state index in [9.17, 15) is 0 Å². The van der Waals surface area contributed by atoms with Crippen molar-refractivity contribution in [2.24, 2.45) is 0 Å². The lowest BCUT2D eigenvalue weighted by molar-refractivity contribution is -0.0165. The summed E-state index contributed by atoms with van der Waals surface area (Å²) >= 11 is 0. The summed E-state index contributed by atoms with van der Waals surface area (Å²) in [6.45, 7) is 2.27. The number of nitrogens with one attached hydrogen (secondary N) is 1. The second kappa shape index (κ2) is 6.93. The topological polar surface area (TPSA) is 56.3 Å². The van der Waals surface area contributed by atoms with Crippen molar-refractivity contribution in [2.75, 3.05) is 27.4 Å². The molecule has 1 aromatic rings. The second-order valence-electron chi connectivity index (χ2n) is 4.95. The summed E-state index contributed by atoms with van der Waals surface area (Å²) in [6.07, 6.45) is 6.24. The molecule has 1 aliphatic carbocycles. The molecule has 1 heterocycles. The maximum atomic E-state index is 5.72. The maximum absolute atomic E-state index is 5.72. The van der Waals surface area contributed by atoms with Gasteiger partial charge in [0.15, 0.2) is 5.82 Å². The third kappa shape index (κ3) is 3.49. The Hall–Kier alpha value is -1.04. The molecule has 0 amide bonds. The summed E-state index contributed by atoms with van der Waals surface area (Å²) in [5.74, 6) is 0.832. The van der Waals surface area contributed by atoms with E-state index in [1.807, 2.05) is 12.3 Å². The Morgan fingerprint density at radius 1 is 1.32 bits per heavy atom. The fourth-order valence-corrected chi connectivity index (χ4v) is 2.57. The molecule has 0 atom stereocenters. The number of hydrogen-bond acceptors (Lipinski definition) is 5. The van der Waals surface area contributed by atoms with Gasteiger partial charge in [0.2, 0.25) is 0 Å². The number of hydrogen-bond donors (Lipinski definition) is 1. The van der Waals surface area contributed by atoms with Crippen molar-refractivity contribution < 1.29 is 9.47 Å². The van der Waals surface area contributed by atoms with Crippen LogP contribution in [0, 0.1) is 0 Å². The zero-order chi connectivity index (χ0) is 13.6. The van der Waals surface area contributed by atoms with E-state index in [0.717, 1.165) is 37.4 Å². The van der Waals surface area contributed by atoms with E-state index >= 15 is 0 Å². The fraction of sp³-hybridized carbons (Fsp3) is 0.714. The van der Waals surface area contributed by atoms with Gasteiger partial charge in [-0.1, -0.05) is 0 Å². The lowest BCUT2D eigenvalue weighted by atomic mass is 10.0. The molecular formula is C14H23N3O2. The highest BCUT2D eigenvalue weighted by molar-refractivity contribution is 5.10. The van der Waals surface area contributed by atoms with Crippen LogP contribution in [-0.2, 0) is 21.6 Å². The highest BCUT2D eigenvalue weighted by Crippen LogP contribution is 2.39. The molecule has 0 aliphatic heterocycles. The molecule has 1 aromatic heterocycles. The molecule has 1 saturated carbocycles. The third-order valence-electron chi connectivity index (χ3n) is 3.71. The average Bonchev–Trinajstić information content (AvgIpc) is 2.94. The van der Waals surface area contributed by atoms with Crippen LogP contribution in [0.25, 0.3) is 0 Å². The van der Waals surface area contributed by atoms with Crippen molar-refractivity contribution in [2.45, 2.75) is 37.8 Å². The molecule has 19 heavy (non-hydrogen) atoms. The van der Waals surface area contributed by atoms with Gasteiger partial charge in [-0.25, -0.2) is 9.97 Å². The van der Waals surface area contributed by atoms with Gasteiger partial charge in [-0.15, -0.1) is 0 Å². The lowest BCUT2D eigenvalue weighted by Crippen LogP contribution is -2.28. The Kier molecular flexibility index (Phi) is 5.24. The van der Waals surface area contributed by atoms with Crippen molar-refractivity contribution >= 4 is 0 Å². The summed E-state index contributed by atoms with van der Waals surface area (Å²) in [7, 11) is 3.46. The summed E-state index contributed by atoms with van der Waals surface area (Å²) in [6, 6.07) is 1.95. The van der Waals surface area contributed by atoms with E-state index in [4.69, 9.17) is 9.47 Å². The Labute approximate surface area is 114 Å². The van der Waals surface area contributed by atoms with Crippen molar-refractivity contribution in [1.82, 2.24) is 15.3 Å². The Morgan fingerprint density at radius 2 is 2.11 bits per heavy atom. The van der Waals surface area contributed by atoms with Crippen molar-refractivity contribution in [1.29, 1.82) is 0 Å². The highest BCUT2D eigenvalue weighted by Gasteiger charge is 2.38. The van der Waals surface area contributed by atoms with Gasteiger partial charge < -0.3 is 14.8 Å². The number of ether oxygens (including phenoxy) is 2. The highest BCUT2D eigenvalue weighted by atomic mass is 16.5. The van der Waals surface area contributed by atoms with Crippen molar-refractivity contribution in [3.8, 4) is 0 Å². The van der Waals surface area contributed by atoms with E-state index in [1.165, 1.54) is 12.8 Å². The van der Waals surface area contributed by atoms with Crippen LogP contribution in [0.2, 0.25) is 0 Å². The van der Waals surface area contributed by atoms with Crippen LogP contribution in [0.3, 0.4) is 0 Å². The molecule has 0 spiro atoms. The Morgan fingerprint density at radius 3 is 2.79 bits per heavy atom. The summed E-state index contributed by atoms with van der Waals surface area (Å²) < 4.78 is 10.7. The molecule has 5 nitrogen and oxygen atoms in total. The minimum Gasteiger partial charge on any atom is -0.383 e. The SMILES string of the molecule is COCCNCc1ccnc(C2(OC)CCCC2)n1. The second-order valence-corrected chi connectivity index (χ2v) is 4.95. The standard InChI is InChI=1S/C14H23N3O2/c1-18-10-9-15-11-12-5-8-16-13(17-12)14(19-2)6-3-4-7-14/h5,8,15H,3-4,6-7,9-11H2,1-2H3. The zero-order valence-electron chi connectivity index (χ0n) is 11.8. The van der Waals surface area contributed by atoms with E-state index in [2.05, 4.69) is 15.3 Å². The Bertz CT molecular complexity index is 392. The van der Waals surface area contributed by atoms with Crippen LogP contribution in [0.5, 0.6) is 0 Å². The summed E-state index contributed by atoms with van der Waals surface area (Å²) in [4.78, 5) is 9.08. The van der Waals surface area contributed by atoms with Crippen LogP contribution in [-0.4, -0.2) is 37.3 Å². The largest absolute Gasteiger partial charge is 0.383 e. The van der Waals surface area contributed by atoms with Crippen LogP contribution in [0.1, 0.15) is 37.2 Å². The van der Waals surface area contributed by atoms with E-state index < -0.39 is 0 Å². The normalized spacial score (nSPS) is 17.8. The zero-order valence-corrected chi connectivity index (χ0v) is 11.8. The third-order valence-corrected chi connectivity index (χ3v) is 3.71. The molecule has 0 aromatic carbocycles. The number of rotatable bonds is 7. The quantitative estimate of drug-likeness (QED) is 0.759. The molecule has 0 saturated heterocycles. The first-order chi connectivity index (χ1) is 9.30. The van der Waals surface area contributed by atoms with Gasteiger partial charge in [-0.3, -0.25) is 0 Å². The van der Waals surface area contributed by atoms with Crippen LogP contribution in [0.15, 0.2) is 12.3 Å². The van der Waals surface area contributed by atoms with Gasteiger partial charge in [-0.05, 0) is 31.7 Å². The molecule has 0 unspecified atom stereocenters. The van der Waals surface area contributed by atoms with Crippen molar-refractivity contribution in [3.63, 3.8) is 0 Å². The predicted octanol–water partition coefficient (Wildman–Crippen LogP) is 1.63. The predicted molar refractivity (Wildman–Crippen MR) is 72.8 cm³/mol. The fourth-order valence-electron chi connectivity index (χ4n) is 2.57. The minimum atomic E-state index is -0.261. The first kappa shape index (κ1) is 14.4. The van der Waals surface area contributed by atoms with E-state index in [1.54, 1.807) is 14.2 Å². The molecule has 106 valence electrons. The number of aromatic nitrogens is 2. The molecule has 5 heteroatoms. The van der Waals surface area contributed by atoms with Crippen LogP contribution < -0.4 is 5.32 Å². The first-order valence-electron chi connectivity index (χ1n) is 6.88. The first-order valence-corrected chi connectivity index (χ1v) is 6.88. The van der Waals surface area contributed by atoms with Gasteiger partial charge >= 0.3 is 0 Å². The maximum Gasteiger partial charge on any atom is 0.160 e.